The predicted molar refractivity (Wildman–Crippen MR) is 55.2 cm³/mol. The van der Waals surface area contributed by atoms with Crippen LogP contribution in [0.3, 0.4) is 0 Å². The van der Waals surface area contributed by atoms with Crippen LogP contribution >= 0.6 is 0 Å². The SMILES string of the molecule is COC(=O)C1/C=C/C=C\N/C=C/C1C. The molecule has 2 unspecified atom stereocenters. The van der Waals surface area contributed by atoms with E-state index < -0.39 is 0 Å². The summed E-state index contributed by atoms with van der Waals surface area (Å²) in [6.07, 6.45) is 11.1. The molecular weight excluding hydrogens is 178 g/mol. The molecule has 3 heteroatoms. The largest absolute Gasteiger partial charge is 0.469 e. The van der Waals surface area contributed by atoms with Crippen LogP contribution in [0.1, 0.15) is 6.92 Å². The van der Waals surface area contributed by atoms with Gasteiger partial charge in [0.05, 0.1) is 13.0 Å². The Morgan fingerprint density at radius 3 is 2.79 bits per heavy atom. The molecule has 1 rings (SSSR count). The van der Waals surface area contributed by atoms with Crippen LogP contribution in [0.25, 0.3) is 0 Å². The van der Waals surface area contributed by atoms with Gasteiger partial charge in [-0.15, -0.1) is 0 Å². The van der Waals surface area contributed by atoms with E-state index in [-0.39, 0.29) is 17.8 Å². The fourth-order valence-corrected chi connectivity index (χ4v) is 1.28. The topological polar surface area (TPSA) is 38.3 Å². The van der Waals surface area contributed by atoms with Gasteiger partial charge in [-0.25, -0.2) is 0 Å². The van der Waals surface area contributed by atoms with Crippen LogP contribution in [0.15, 0.2) is 36.7 Å². The molecule has 0 saturated carbocycles. The smallest absolute Gasteiger partial charge is 0.313 e. The number of methoxy groups -OCH3 is 1. The van der Waals surface area contributed by atoms with Gasteiger partial charge in [0.1, 0.15) is 0 Å². The van der Waals surface area contributed by atoms with E-state index in [1.807, 2.05) is 37.4 Å². The molecule has 0 aromatic carbocycles. The molecule has 0 fully saturated rings. The van der Waals surface area contributed by atoms with Gasteiger partial charge in [0, 0.05) is 6.20 Å². The Morgan fingerprint density at radius 1 is 1.29 bits per heavy atom. The first-order valence-electron chi connectivity index (χ1n) is 4.59. The monoisotopic (exact) mass is 193 g/mol. The highest BCUT2D eigenvalue weighted by Gasteiger charge is 2.21. The highest BCUT2D eigenvalue weighted by molar-refractivity contribution is 5.75. The van der Waals surface area contributed by atoms with Gasteiger partial charge in [-0.2, -0.15) is 0 Å². The first-order chi connectivity index (χ1) is 6.75. The normalized spacial score (nSPS) is 32.7. The highest BCUT2D eigenvalue weighted by Crippen LogP contribution is 2.16. The lowest BCUT2D eigenvalue weighted by Crippen LogP contribution is -2.20. The Bertz CT molecular complexity index is 279. The maximum atomic E-state index is 11.4. The van der Waals surface area contributed by atoms with Crippen molar-refractivity contribution in [3.8, 4) is 0 Å². The quantitative estimate of drug-likeness (QED) is 0.643. The van der Waals surface area contributed by atoms with E-state index in [0.29, 0.717) is 0 Å². The fourth-order valence-electron chi connectivity index (χ4n) is 1.28. The van der Waals surface area contributed by atoms with E-state index in [1.54, 1.807) is 6.20 Å². The summed E-state index contributed by atoms with van der Waals surface area (Å²) in [7, 11) is 1.41. The summed E-state index contributed by atoms with van der Waals surface area (Å²) < 4.78 is 4.73. The highest BCUT2D eigenvalue weighted by atomic mass is 16.5. The summed E-state index contributed by atoms with van der Waals surface area (Å²) in [5, 5.41) is 2.97. The maximum absolute atomic E-state index is 11.4. The van der Waals surface area contributed by atoms with Crippen LogP contribution < -0.4 is 5.32 Å². The lowest BCUT2D eigenvalue weighted by atomic mass is 9.93. The molecule has 3 nitrogen and oxygen atoms in total. The van der Waals surface area contributed by atoms with E-state index in [0.717, 1.165) is 0 Å². The third-order valence-corrected chi connectivity index (χ3v) is 2.16. The van der Waals surface area contributed by atoms with Crippen LogP contribution in [0, 0.1) is 11.8 Å². The zero-order chi connectivity index (χ0) is 10.4. The zero-order valence-electron chi connectivity index (χ0n) is 8.44. The second kappa shape index (κ2) is 5.27. The first kappa shape index (κ1) is 10.6. The number of carbonyl (C=O) groups excluding carboxylic acids is 1. The minimum Gasteiger partial charge on any atom is -0.469 e. The molecule has 1 aliphatic rings. The van der Waals surface area contributed by atoms with Crippen LogP contribution in [0.5, 0.6) is 0 Å². The zero-order valence-corrected chi connectivity index (χ0v) is 8.44. The summed E-state index contributed by atoms with van der Waals surface area (Å²) >= 11 is 0. The molecule has 1 heterocycles. The maximum Gasteiger partial charge on any atom is 0.313 e. The van der Waals surface area contributed by atoms with Crippen LogP contribution in [-0.4, -0.2) is 13.1 Å². The minimum atomic E-state index is -0.208. The van der Waals surface area contributed by atoms with Crippen molar-refractivity contribution in [2.24, 2.45) is 11.8 Å². The predicted octanol–water partition coefficient (Wildman–Crippen LogP) is 1.60. The molecule has 0 radical (unpaired) electrons. The van der Waals surface area contributed by atoms with Crippen molar-refractivity contribution >= 4 is 5.97 Å². The second-order valence-electron chi connectivity index (χ2n) is 3.18. The number of hydrogen-bond acceptors (Lipinski definition) is 3. The second-order valence-corrected chi connectivity index (χ2v) is 3.18. The molecule has 0 saturated heterocycles. The molecule has 1 N–H and O–H groups in total. The first-order valence-corrected chi connectivity index (χ1v) is 4.59. The van der Waals surface area contributed by atoms with Gasteiger partial charge in [0.2, 0.25) is 0 Å². The Morgan fingerprint density at radius 2 is 2.07 bits per heavy atom. The molecule has 14 heavy (non-hydrogen) atoms. The van der Waals surface area contributed by atoms with Crippen molar-refractivity contribution in [2.45, 2.75) is 6.92 Å². The number of esters is 1. The Labute approximate surface area is 84.1 Å². The molecule has 1 aliphatic heterocycles. The van der Waals surface area contributed by atoms with Gasteiger partial charge in [-0.3, -0.25) is 4.79 Å². The van der Waals surface area contributed by atoms with Gasteiger partial charge < -0.3 is 10.1 Å². The fraction of sp³-hybridized carbons (Fsp3) is 0.364. The number of ether oxygens (including phenoxy) is 1. The average Bonchev–Trinajstić information content (AvgIpc) is 2.29. The third kappa shape index (κ3) is 2.76. The Hall–Kier alpha value is -1.51. The van der Waals surface area contributed by atoms with E-state index in [9.17, 15) is 4.79 Å². The van der Waals surface area contributed by atoms with E-state index >= 15 is 0 Å². The third-order valence-electron chi connectivity index (χ3n) is 2.16. The average molecular weight is 193 g/mol. The molecule has 2 atom stereocenters. The molecule has 0 spiro atoms. The van der Waals surface area contributed by atoms with Crippen molar-refractivity contribution in [1.29, 1.82) is 0 Å². The molecule has 0 aromatic heterocycles. The molecule has 0 bridgehead atoms. The van der Waals surface area contributed by atoms with Gasteiger partial charge >= 0.3 is 5.97 Å². The van der Waals surface area contributed by atoms with Gasteiger partial charge in [0.25, 0.3) is 0 Å². The summed E-state index contributed by atoms with van der Waals surface area (Å²) in [6, 6.07) is 0. The molecular formula is C11H15NO2. The number of nitrogens with one attached hydrogen (secondary N) is 1. The molecule has 0 aliphatic carbocycles. The van der Waals surface area contributed by atoms with Gasteiger partial charge in [-0.1, -0.05) is 25.2 Å². The summed E-state index contributed by atoms with van der Waals surface area (Å²) in [6.45, 7) is 1.98. The number of rotatable bonds is 1. The van der Waals surface area contributed by atoms with Crippen LogP contribution in [0.2, 0.25) is 0 Å². The van der Waals surface area contributed by atoms with Crippen molar-refractivity contribution in [3.63, 3.8) is 0 Å². The molecule has 0 aromatic rings. The van der Waals surface area contributed by atoms with Crippen LogP contribution in [-0.2, 0) is 9.53 Å². The van der Waals surface area contributed by atoms with Crippen molar-refractivity contribution in [1.82, 2.24) is 5.32 Å². The van der Waals surface area contributed by atoms with Crippen molar-refractivity contribution in [2.75, 3.05) is 7.11 Å². The van der Waals surface area contributed by atoms with Gasteiger partial charge in [0.15, 0.2) is 0 Å². The number of carbonyl (C=O) groups is 1. The molecule has 0 amide bonds. The standard InChI is InChI=1S/C11H15NO2/c1-9-6-8-12-7-4-3-5-10(9)11(13)14-2/h3-10,12H,1-2H3/b5-3+,7-4-,8-6+. The summed E-state index contributed by atoms with van der Waals surface area (Å²) in [5.74, 6) is -0.277. The molecule has 76 valence electrons. The Kier molecular flexibility index (Phi) is 3.98. The van der Waals surface area contributed by atoms with E-state index in [1.165, 1.54) is 7.11 Å². The summed E-state index contributed by atoms with van der Waals surface area (Å²) in [4.78, 5) is 11.4. The lowest BCUT2D eigenvalue weighted by molar-refractivity contribution is -0.144. The van der Waals surface area contributed by atoms with Crippen LogP contribution in [0.4, 0.5) is 0 Å². The minimum absolute atomic E-state index is 0.131. The Balaban J connectivity index is 2.82. The van der Waals surface area contributed by atoms with Gasteiger partial charge in [-0.05, 0) is 18.2 Å². The van der Waals surface area contributed by atoms with E-state index in [4.69, 9.17) is 4.74 Å². The summed E-state index contributed by atoms with van der Waals surface area (Å²) in [5.41, 5.74) is 0. The van der Waals surface area contributed by atoms with Crippen molar-refractivity contribution < 1.29 is 9.53 Å². The number of hydrogen-bond donors (Lipinski definition) is 1. The number of allylic oxidation sites excluding steroid dienone is 3. The van der Waals surface area contributed by atoms with E-state index in [2.05, 4.69) is 5.32 Å². The lowest BCUT2D eigenvalue weighted by Gasteiger charge is -2.14. The van der Waals surface area contributed by atoms with Crippen molar-refractivity contribution in [3.05, 3.63) is 36.7 Å².